The molecule has 10 nitrogen and oxygen atoms in total. The van der Waals surface area contributed by atoms with Crippen LogP contribution in [-0.4, -0.2) is 51.9 Å². The minimum absolute atomic E-state index is 0.0255. The van der Waals surface area contributed by atoms with Crippen molar-refractivity contribution in [2.75, 3.05) is 41.7 Å². The highest BCUT2D eigenvalue weighted by atomic mass is 16.5. The molecule has 0 aromatic heterocycles. The lowest BCUT2D eigenvalue weighted by Crippen LogP contribution is -1.97. The summed E-state index contributed by atoms with van der Waals surface area (Å²) in [4.78, 5) is 0. The molecule has 2 N–H and O–H groups in total. The third kappa shape index (κ3) is 8.03. The Balaban J connectivity index is 1.19. The minimum atomic E-state index is 0.0255. The van der Waals surface area contributed by atoms with Crippen LogP contribution in [0.1, 0.15) is 13.8 Å². The number of hydrogen-bond acceptors (Lipinski definition) is 10. The fraction of sp³-hybridized carbons (Fsp3) is 0.182. The van der Waals surface area contributed by atoms with Gasteiger partial charge in [-0.2, -0.15) is 0 Å². The van der Waals surface area contributed by atoms with E-state index in [1.54, 1.807) is 52.7 Å². The SMILES string of the molecule is CCOc1cc(-c2ccc(Oc3cc(OC)c(-c4ccc(Oc5ccc(-c6c(OC)cc(O)cc6OC)cc5)cc4)c(OC)c3)cc2)c(OCC)cc1O. The molecule has 0 radical (unpaired) electrons. The van der Waals surface area contributed by atoms with E-state index in [1.165, 1.54) is 0 Å². The highest BCUT2D eigenvalue weighted by molar-refractivity contribution is 5.80. The Hall–Kier alpha value is -6.68. The molecule has 0 aliphatic heterocycles. The van der Waals surface area contributed by atoms with Gasteiger partial charge in [-0.25, -0.2) is 0 Å². The number of phenolic OH excluding ortho intramolecular Hbond substituents is 2. The van der Waals surface area contributed by atoms with Crippen molar-refractivity contribution in [1.82, 2.24) is 0 Å². The molecule has 0 aliphatic carbocycles. The Morgan fingerprint density at radius 1 is 0.407 bits per heavy atom. The van der Waals surface area contributed by atoms with Crippen LogP contribution in [0.25, 0.3) is 33.4 Å². The molecule has 0 aliphatic rings. The van der Waals surface area contributed by atoms with E-state index < -0.39 is 0 Å². The summed E-state index contributed by atoms with van der Waals surface area (Å²) in [5.74, 6) is 5.57. The highest BCUT2D eigenvalue weighted by Gasteiger charge is 2.18. The molecule has 0 saturated heterocycles. The van der Waals surface area contributed by atoms with Gasteiger partial charge in [-0.3, -0.25) is 0 Å². The van der Waals surface area contributed by atoms with E-state index >= 15 is 0 Å². The fourth-order valence-electron chi connectivity index (χ4n) is 6.09. The molecular weight excluding hydrogens is 688 g/mol. The molecule has 0 unspecified atom stereocenters. The molecule has 0 spiro atoms. The first kappa shape index (κ1) is 37.1. The third-order valence-electron chi connectivity index (χ3n) is 8.55. The molecule has 0 saturated carbocycles. The van der Waals surface area contributed by atoms with Gasteiger partial charge in [0.2, 0.25) is 0 Å². The van der Waals surface area contributed by atoms with Crippen LogP contribution in [0.2, 0.25) is 0 Å². The summed E-state index contributed by atoms with van der Waals surface area (Å²) in [6.07, 6.45) is 0. The number of ether oxygens (including phenoxy) is 8. The lowest BCUT2D eigenvalue weighted by molar-refractivity contribution is 0.311. The van der Waals surface area contributed by atoms with Gasteiger partial charge in [-0.1, -0.05) is 36.4 Å². The maximum Gasteiger partial charge on any atom is 0.161 e. The minimum Gasteiger partial charge on any atom is -0.508 e. The molecule has 54 heavy (non-hydrogen) atoms. The Morgan fingerprint density at radius 3 is 1.22 bits per heavy atom. The van der Waals surface area contributed by atoms with Crippen molar-refractivity contribution in [3.63, 3.8) is 0 Å². The van der Waals surface area contributed by atoms with Crippen LogP contribution in [-0.2, 0) is 0 Å². The van der Waals surface area contributed by atoms with E-state index in [-0.39, 0.29) is 11.5 Å². The van der Waals surface area contributed by atoms with Crippen LogP contribution in [0.3, 0.4) is 0 Å². The van der Waals surface area contributed by atoms with Gasteiger partial charge in [-0.05, 0) is 73.0 Å². The second-order valence-electron chi connectivity index (χ2n) is 11.9. The number of hydrogen-bond donors (Lipinski definition) is 2. The summed E-state index contributed by atoms with van der Waals surface area (Å²) in [5, 5.41) is 20.4. The third-order valence-corrected chi connectivity index (χ3v) is 8.55. The van der Waals surface area contributed by atoms with E-state index in [1.807, 2.05) is 98.8 Å². The standard InChI is InChI=1S/C44H42O10/c1-7-51-37-26-36(46)38(52-8-2)25-35(37)27-9-15-33(16-10-27)54-34-23-41(49-5)44(42(24-34)50-6)29-13-19-32(20-14-29)53-31-17-11-28(12-18-31)43-39(47-3)21-30(45)22-40(43)48-4/h9-26,45-46H,7-8H2,1-6H3. The molecule has 6 aromatic rings. The second kappa shape index (κ2) is 16.8. The van der Waals surface area contributed by atoms with Crippen LogP contribution < -0.4 is 37.9 Å². The van der Waals surface area contributed by atoms with Crippen molar-refractivity contribution < 1.29 is 48.1 Å². The number of rotatable bonds is 15. The van der Waals surface area contributed by atoms with E-state index in [4.69, 9.17) is 37.9 Å². The predicted molar refractivity (Wildman–Crippen MR) is 208 cm³/mol. The van der Waals surface area contributed by atoms with Gasteiger partial charge in [-0.15, -0.1) is 0 Å². The number of benzene rings is 6. The van der Waals surface area contributed by atoms with Gasteiger partial charge in [0.1, 0.15) is 57.5 Å². The monoisotopic (exact) mass is 730 g/mol. The summed E-state index contributed by atoms with van der Waals surface area (Å²) >= 11 is 0. The molecule has 6 aromatic carbocycles. The Labute approximate surface area is 314 Å². The van der Waals surface area contributed by atoms with E-state index in [0.717, 1.165) is 33.4 Å². The largest absolute Gasteiger partial charge is 0.508 e. The summed E-state index contributed by atoms with van der Waals surface area (Å²) < 4.78 is 46.4. The van der Waals surface area contributed by atoms with Gasteiger partial charge < -0.3 is 48.1 Å². The molecule has 0 fully saturated rings. The van der Waals surface area contributed by atoms with Crippen molar-refractivity contribution in [2.24, 2.45) is 0 Å². The first-order chi connectivity index (χ1) is 26.3. The van der Waals surface area contributed by atoms with Crippen molar-refractivity contribution in [3.05, 3.63) is 109 Å². The summed E-state index contributed by atoms with van der Waals surface area (Å²) in [5.41, 5.74) is 4.85. The van der Waals surface area contributed by atoms with Gasteiger partial charge in [0.15, 0.2) is 11.5 Å². The van der Waals surface area contributed by atoms with Crippen LogP contribution in [0, 0.1) is 0 Å². The molecule has 0 amide bonds. The van der Waals surface area contributed by atoms with Crippen molar-refractivity contribution in [2.45, 2.75) is 13.8 Å². The average molecular weight is 731 g/mol. The Morgan fingerprint density at radius 2 is 0.796 bits per heavy atom. The van der Waals surface area contributed by atoms with E-state index in [9.17, 15) is 10.2 Å². The topological polar surface area (TPSA) is 114 Å². The number of phenols is 2. The molecule has 6 rings (SSSR count). The van der Waals surface area contributed by atoms with Crippen LogP contribution in [0.15, 0.2) is 109 Å². The summed E-state index contributed by atoms with van der Waals surface area (Å²) in [6.45, 7) is 4.63. The highest BCUT2D eigenvalue weighted by Crippen LogP contribution is 2.45. The second-order valence-corrected chi connectivity index (χ2v) is 11.9. The zero-order valence-corrected chi connectivity index (χ0v) is 31.0. The van der Waals surface area contributed by atoms with Gasteiger partial charge in [0, 0.05) is 35.9 Å². The van der Waals surface area contributed by atoms with E-state index in [0.29, 0.717) is 70.7 Å². The van der Waals surface area contributed by atoms with Gasteiger partial charge >= 0.3 is 0 Å². The van der Waals surface area contributed by atoms with Crippen molar-refractivity contribution >= 4 is 0 Å². The molecule has 0 bridgehead atoms. The average Bonchev–Trinajstić information content (AvgIpc) is 3.19. The maximum absolute atomic E-state index is 10.4. The smallest absolute Gasteiger partial charge is 0.161 e. The lowest BCUT2D eigenvalue weighted by atomic mass is 10.0. The molecule has 0 heterocycles. The quantitative estimate of drug-likeness (QED) is 0.106. The lowest BCUT2D eigenvalue weighted by Gasteiger charge is -2.17. The van der Waals surface area contributed by atoms with Gasteiger partial charge in [0.05, 0.1) is 52.8 Å². The first-order valence-corrected chi connectivity index (χ1v) is 17.3. The maximum atomic E-state index is 10.4. The first-order valence-electron chi connectivity index (χ1n) is 17.3. The Bertz CT molecular complexity index is 2140. The van der Waals surface area contributed by atoms with Crippen molar-refractivity contribution in [3.8, 4) is 102 Å². The number of aromatic hydroxyl groups is 2. The van der Waals surface area contributed by atoms with E-state index in [2.05, 4.69) is 0 Å². The normalized spacial score (nSPS) is 10.7. The Kier molecular flexibility index (Phi) is 11.5. The molecular formula is C44H42O10. The van der Waals surface area contributed by atoms with Crippen LogP contribution in [0.4, 0.5) is 0 Å². The zero-order valence-electron chi connectivity index (χ0n) is 31.0. The summed E-state index contributed by atoms with van der Waals surface area (Å²) in [6, 6.07) is 32.8. The van der Waals surface area contributed by atoms with Gasteiger partial charge in [0.25, 0.3) is 0 Å². The van der Waals surface area contributed by atoms with Crippen molar-refractivity contribution in [1.29, 1.82) is 0 Å². The molecule has 0 atom stereocenters. The molecule has 10 heteroatoms. The number of methoxy groups -OCH3 is 4. The fourth-order valence-corrected chi connectivity index (χ4v) is 6.09. The zero-order chi connectivity index (χ0) is 38.2. The molecule has 278 valence electrons. The predicted octanol–water partition coefficient (Wildman–Crippen LogP) is 10.5. The summed E-state index contributed by atoms with van der Waals surface area (Å²) in [7, 11) is 6.30. The van der Waals surface area contributed by atoms with Crippen LogP contribution in [0.5, 0.6) is 69.0 Å². The van der Waals surface area contributed by atoms with Crippen LogP contribution >= 0.6 is 0 Å².